The van der Waals surface area contributed by atoms with Crippen LogP contribution in [-0.2, 0) is 6.54 Å². The van der Waals surface area contributed by atoms with Crippen LogP contribution in [0.2, 0.25) is 0 Å². The van der Waals surface area contributed by atoms with E-state index in [9.17, 15) is 0 Å². The van der Waals surface area contributed by atoms with Crippen molar-refractivity contribution in [2.45, 2.75) is 33.7 Å². The summed E-state index contributed by atoms with van der Waals surface area (Å²) in [5.41, 5.74) is -0.207. The number of hydrogen-bond donors (Lipinski definition) is 1. The van der Waals surface area contributed by atoms with Crippen LogP contribution in [0.4, 0.5) is 0 Å². The Labute approximate surface area is 90.9 Å². The van der Waals surface area contributed by atoms with E-state index in [1.807, 2.05) is 24.6 Å². The topological polar surface area (TPSA) is 47.3 Å². The predicted octanol–water partition coefficient (Wildman–Crippen LogP) is 1.69. The van der Waals surface area contributed by atoms with Crippen molar-refractivity contribution in [2.24, 2.45) is 5.41 Å². The number of aliphatic hydroxyl groups is 1. The van der Waals surface area contributed by atoms with Crippen molar-refractivity contribution in [1.29, 1.82) is 0 Å². The number of aliphatic hydroxyl groups excluding tert-OH is 1. The van der Waals surface area contributed by atoms with Gasteiger partial charge in [-0.05, 0) is 6.42 Å². The first kappa shape index (κ1) is 12.0. The fourth-order valence-electron chi connectivity index (χ4n) is 1.14. The van der Waals surface area contributed by atoms with Gasteiger partial charge >= 0.3 is 0 Å². The molecule has 0 aromatic carbocycles. The van der Waals surface area contributed by atoms with E-state index in [1.165, 1.54) is 0 Å². The smallest absolute Gasteiger partial charge is 0.211 e. The molecule has 0 spiro atoms. The van der Waals surface area contributed by atoms with Crippen LogP contribution in [0.5, 0.6) is 5.88 Å². The van der Waals surface area contributed by atoms with Crippen molar-refractivity contribution in [2.75, 3.05) is 13.2 Å². The Morgan fingerprint density at radius 1 is 1.53 bits per heavy atom. The Kier molecular flexibility index (Phi) is 4.15. The van der Waals surface area contributed by atoms with Crippen LogP contribution in [0, 0.1) is 5.41 Å². The average molecular weight is 212 g/mol. The molecular formula is C11H20N2O2. The highest BCUT2D eigenvalue weighted by Crippen LogP contribution is 2.17. The van der Waals surface area contributed by atoms with Gasteiger partial charge < -0.3 is 9.84 Å². The largest absolute Gasteiger partial charge is 0.477 e. The van der Waals surface area contributed by atoms with Crippen LogP contribution in [0.25, 0.3) is 0 Å². The molecule has 0 aliphatic heterocycles. The van der Waals surface area contributed by atoms with Crippen molar-refractivity contribution in [3.8, 4) is 5.88 Å². The molecule has 0 bridgehead atoms. The molecule has 1 rings (SSSR count). The van der Waals surface area contributed by atoms with Gasteiger partial charge in [0, 0.05) is 18.0 Å². The minimum atomic E-state index is -0.207. The Hall–Kier alpha value is -1.03. The van der Waals surface area contributed by atoms with Gasteiger partial charge in [-0.25, -0.2) is 4.68 Å². The number of aromatic nitrogens is 2. The van der Waals surface area contributed by atoms with Crippen molar-refractivity contribution >= 4 is 0 Å². The maximum atomic E-state index is 9.09. The first-order valence-corrected chi connectivity index (χ1v) is 5.34. The van der Waals surface area contributed by atoms with E-state index in [0.29, 0.717) is 6.61 Å². The summed E-state index contributed by atoms with van der Waals surface area (Å²) < 4.78 is 7.47. The molecule has 0 aliphatic rings. The summed E-state index contributed by atoms with van der Waals surface area (Å²) >= 11 is 0. The van der Waals surface area contributed by atoms with Gasteiger partial charge in [-0.2, -0.15) is 5.10 Å². The maximum absolute atomic E-state index is 9.09. The fraction of sp³-hybridized carbons (Fsp3) is 0.727. The molecule has 0 radical (unpaired) electrons. The minimum absolute atomic E-state index is 0.120. The summed E-state index contributed by atoms with van der Waals surface area (Å²) in [6.45, 7) is 7.51. The van der Waals surface area contributed by atoms with Gasteiger partial charge in [0.2, 0.25) is 5.88 Å². The SMILES string of the molecule is CCCn1nccc1OCC(C)(C)CO. The lowest BCUT2D eigenvalue weighted by Crippen LogP contribution is -2.26. The number of aryl methyl sites for hydroxylation is 1. The zero-order valence-corrected chi connectivity index (χ0v) is 9.73. The molecule has 1 aromatic rings. The summed E-state index contributed by atoms with van der Waals surface area (Å²) in [4.78, 5) is 0. The molecule has 0 saturated carbocycles. The molecular weight excluding hydrogens is 192 g/mol. The molecule has 0 amide bonds. The fourth-order valence-corrected chi connectivity index (χ4v) is 1.14. The Balaban J connectivity index is 2.53. The third-order valence-corrected chi connectivity index (χ3v) is 2.15. The van der Waals surface area contributed by atoms with Crippen LogP contribution in [0.15, 0.2) is 12.3 Å². The van der Waals surface area contributed by atoms with E-state index in [4.69, 9.17) is 9.84 Å². The molecule has 0 atom stereocenters. The molecule has 0 unspecified atom stereocenters. The van der Waals surface area contributed by atoms with Crippen LogP contribution < -0.4 is 4.74 Å². The molecule has 0 aliphatic carbocycles. The quantitative estimate of drug-likeness (QED) is 0.780. The van der Waals surface area contributed by atoms with Crippen molar-refractivity contribution < 1.29 is 9.84 Å². The minimum Gasteiger partial charge on any atom is -0.477 e. The van der Waals surface area contributed by atoms with Gasteiger partial charge in [0.25, 0.3) is 0 Å². The Morgan fingerprint density at radius 3 is 2.87 bits per heavy atom. The molecule has 86 valence electrons. The predicted molar refractivity (Wildman–Crippen MR) is 58.9 cm³/mol. The monoisotopic (exact) mass is 212 g/mol. The van der Waals surface area contributed by atoms with Gasteiger partial charge in [0.1, 0.15) is 0 Å². The lowest BCUT2D eigenvalue weighted by Gasteiger charge is -2.21. The molecule has 1 heterocycles. The van der Waals surface area contributed by atoms with E-state index >= 15 is 0 Å². The van der Waals surface area contributed by atoms with Gasteiger partial charge in [0.05, 0.1) is 19.4 Å². The zero-order valence-electron chi connectivity index (χ0n) is 9.73. The molecule has 4 nitrogen and oxygen atoms in total. The summed E-state index contributed by atoms with van der Waals surface area (Å²) in [5, 5.41) is 13.3. The van der Waals surface area contributed by atoms with Crippen LogP contribution in [0.1, 0.15) is 27.2 Å². The molecule has 1 N–H and O–H groups in total. The third-order valence-electron chi connectivity index (χ3n) is 2.15. The van der Waals surface area contributed by atoms with Crippen LogP contribution in [-0.4, -0.2) is 28.1 Å². The zero-order chi connectivity index (χ0) is 11.3. The summed E-state index contributed by atoms with van der Waals surface area (Å²) in [7, 11) is 0. The summed E-state index contributed by atoms with van der Waals surface area (Å²) in [5.74, 6) is 0.776. The highest BCUT2D eigenvalue weighted by atomic mass is 16.5. The Morgan fingerprint density at radius 2 is 2.27 bits per heavy atom. The van der Waals surface area contributed by atoms with Gasteiger partial charge in [-0.1, -0.05) is 20.8 Å². The molecule has 0 fully saturated rings. The Bertz CT molecular complexity index is 295. The third kappa shape index (κ3) is 3.55. The van der Waals surface area contributed by atoms with E-state index < -0.39 is 0 Å². The number of ether oxygens (including phenoxy) is 1. The van der Waals surface area contributed by atoms with E-state index in [0.717, 1.165) is 18.8 Å². The normalized spacial score (nSPS) is 11.7. The van der Waals surface area contributed by atoms with Gasteiger partial charge in [0.15, 0.2) is 0 Å². The second-order valence-corrected chi connectivity index (χ2v) is 4.50. The van der Waals surface area contributed by atoms with E-state index in [2.05, 4.69) is 12.0 Å². The first-order chi connectivity index (χ1) is 7.09. The molecule has 1 aromatic heterocycles. The number of hydrogen-bond acceptors (Lipinski definition) is 3. The van der Waals surface area contributed by atoms with Gasteiger partial charge in [-0.15, -0.1) is 0 Å². The standard InChI is InChI=1S/C11H20N2O2/c1-4-7-13-10(5-6-12-13)15-9-11(2,3)8-14/h5-6,14H,4,7-9H2,1-3H3. The second kappa shape index (κ2) is 5.16. The van der Waals surface area contributed by atoms with Crippen molar-refractivity contribution in [1.82, 2.24) is 9.78 Å². The molecule has 4 heteroatoms. The number of rotatable bonds is 6. The van der Waals surface area contributed by atoms with E-state index in [1.54, 1.807) is 6.20 Å². The lowest BCUT2D eigenvalue weighted by atomic mass is 9.97. The summed E-state index contributed by atoms with van der Waals surface area (Å²) in [6.07, 6.45) is 2.76. The lowest BCUT2D eigenvalue weighted by molar-refractivity contribution is 0.0919. The molecule has 0 saturated heterocycles. The highest BCUT2D eigenvalue weighted by molar-refractivity contribution is 5.07. The van der Waals surface area contributed by atoms with E-state index in [-0.39, 0.29) is 12.0 Å². The van der Waals surface area contributed by atoms with Gasteiger partial charge in [-0.3, -0.25) is 0 Å². The highest BCUT2D eigenvalue weighted by Gasteiger charge is 2.18. The number of nitrogens with zero attached hydrogens (tertiary/aromatic N) is 2. The van der Waals surface area contributed by atoms with Crippen molar-refractivity contribution in [3.05, 3.63) is 12.3 Å². The molecule has 15 heavy (non-hydrogen) atoms. The van der Waals surface area contributed by atoms with Crippen molar-refractivity contribution in [3.63, 3.8) is 0 Å². The average Bonchev–Trinajstić information content (AvgIpc) is 2.64. The second-order valence-electron chi connectivity index (χ2n) is 4.50. The maximum Gasteiger partial charge on any atom is 0.211 e. The van der Waals surface area contributed by atoms with Crippen LogP contribution >= 0.6 is 0 Å². The van der Waals surface area contributed by atoms with Crippen LogP contribution in [0.3, 0.4) is 0 Å². The first-order valence-electron chi connectivity index (χ1n) is 5.34. The summed E-state index contributed by atoms with van der Waals surface area (Å²) in [6, 6.07) is 1.85.